The molecule has 0 aliphatic carbocycles. The van der Waals surface area contributed by atoms with E-state index in [-0.39, 0.29) is 0 Å². The Morgan fingerprint density at radius 3 is 2.89 bits per heavy atom. The van der Waals surface area contributed by atoms with Gasteiger partial charge >= 0.3 is 0 Å². The van der Waals surface area contributed by atoms with Gasteiger partial charge in [-0.15, -0.1) is 0 Å². The molecule has 4 nitrogen and oxygen atoms in total. The normalized spacial score (nSPS) is 13.1. The van der Waals surface area contributed by atoms with Crippen molar-refractivity contribution < 1.29 is 5.11 Å². The minimum atomic E-state index is -0.627. The third kappa shape index (κ3) is 1.62. The molecule has 92 valence electrons. The summed E-state index contributed by atoms with van der Waals surface area (Å²) in [5.41, 5.74) is 3.80. The number of rotatable bonds is 2. The zero-order valence-corrected chi connectivity index (χ0v) is 10.4. The summed E-state index contributed by atoms with van der Waals surface area (Å²) in [7, 11) is 1.88. The second kappa shape index (κ2) is 3.99. The van der Waals surface area contributed by atoms with E-state index in [4.69, 9.17) is 0 Å². The minimum absolute atomic E-state index is 0.627. The second-order valence-corrected chi connectivity index (χ2v) is 4.54. The summed E-state index contributed by atoms with van der Waals surface area (Å²) in [6, 6.07) is 7.93. The summed E-state index contributed by atoms with van der Waals surface area (Å²) in [6.45, 7) is 1.96. The zero-order valence-electron chi connectivity index (χ0n) is 10.4. The van der Waals surface area contributed by atoms with Crippen LogP contribution in [0.1, 0.15) is 22.9 Å². The summed E-state index contributed by atoms with van der Waals surface area (Å²) in [6.07, 6.45) is 3.00. The highest BCUT2D eigenvalue weighted by Crippen LogP contribution is 2.26. The van der Waals surface area contributed by atoms with Crippen LogP contribution in [0.3, 0.4) is 0 Å². The molecule has 1 aromatic carbocycles. The topological polar surface area (TPSA) is 53.8 Å². The van der Waals surface area contributed by atoms with Gasteiger partial charge in [0.15, 0.2) is 0 Å². The maximum absolute atomic E-state index is 10.4. The molecule has 2 aromatic heterocycles. The Kier molecular flexibility index (Phi) is 2.45. The Morgan fingerprint density at radius 1 is 1.33 bits per heavy atom. The molecule has 0 saturated heterocycles. The summed E-state index contributed by atoms with van der Waals surface area (Å²) >= 11 is 0. The first-order valence-electron chi connectivity index (χ1n) is 5.90. The second-order valence-electron chi connectivity index (χ2n) is 4.54. The molecule has 0 spiro atoms. The van der Waals surface area contributed by atoms with Crippen molar-refractivity contribution in [3.63, 3.8) is 0 Å². The van der Waals surface area contributed by atoms with Crippen molar-refractivity contribution in [2.75, 3.05) is 0 Å². The largest absolute Gasteiger partial charge is 0.384 e. The number of hydrogen-bond donors (Lipinski definition) is 2. The van der Waals surface area contributed by atoms with Crippen molar-refractivity contribution in [3.05, 3.63) is 53.5 Å². The van der Waals surface area contributed by atoms with E-state index < -0.39 is 6.10 Å². The lowest BCUT2D eigenvalue weighted by atomic mass is 10.0. The zero-order chi connectivity index (χ0) is 12.7. The molecule has 2 N–H and O–H groups in total. The van der Waals surface area contributed by atoms with Gasteiger partial charge in [0.1, 0.15) is 6.10 Å². The highest BCUT2D eigenvalue weighted by molar-refractivity contribution is 5.80. The van der Waals surface area contributed by atoms with Gasteiger partial charge in [-0.2, -0.15) is 5.10 Å². The molecule has 0 saturated carbocycles. The smallest absolute Gasteiger partial charge is 0.107 e. The van der Waals surface area contributed by atoms with E-state index in [2.05, 4.69) is 10.1 Å². The van der Waals surface area contributed by atoms with Crippen LogP contribution in [0.25, 0.3) is 10.9 Å². The van der Waals surface area contributed by atoms with Gasteiger partial charge in [-0.1, -0.05) is 6.07 Å². The van der Waals surface area contributed by atoms with Gasteiger partial charge in [0, 0.05) is 30.0 Å². The number of hydrogen-bond acceptors (Lipinski definition) is 2. The lowest BCUT2D eigenvalue weighted by molar-refractivity contribution is 0.219. The highest BCUT2D eigenvalue weighted by Gasteiger charge is 2.16. The van der Waals surface area contributed by atoms with Crippen LogP contribution in [-0.4, -0.2) is 19.9 Å². The molecular weight excluding hydrogens is 226 g/mol. The van der Waals surface area contributed by atoms with E-state index in [9.17, 15) is 5.11 Å². The van der Waals surface area contributed by atoms with E-state index in [1.807, 2.05) is 44.4 Å². The molecule has 4 heteroatoms. The molecule has 2 heterocycles. The molecule has 0 bridgehead atoms. The first-order valence-corrected chi connectivity index (χ1v) is 5.90. The number of aliphatic hydroxyl groups excluding tert-OH is 1. The number of H-pyrrole nitrogens is 1. The Labute approximate surface area is 105 Å². The van der Waals surface area contributed by atoms with Crippen LogP contribution in [0.2, 0.25) is 0 Å². The van der Waals surface area contributed by atoms with Gasteiger partial charge in [-0.25, -0.2) is 0 Å². The van der Waals surface area contributed by atoms with Crippen molar-refractivity contribution in [3.8, 4) is 0 Å². The Hall–Kier alpha value is -2.07. The summed E-state index contributed by atoms with van der Waals surface area (Å²) < 4.78 is 1.77. The quantitative estimate of drug-likeness (QED) is 0.723. The van der Waals surface area contributed by atoms with Crippen molar-refractivity contribution in [1.29, 1.82) is 0 Å². The van der Waals surface area contributed by atoms with E-state index in [1.54, 1.807) is 10.9 Å². The minimum Gasteiger partial charge on any atom is -0.384 e. The molecule has 0 amide bonds. The van der Waals surface area contributed by atoms with E-state index >= 15 is 0 Å². The number of aliphatic hydroxyl groups is 1. The number of aromatic amines is 1. The molecule has 0 fully saturated rings. The Balaban J connectivity index is 2.05. The molecule has 18 heavy (non-hydrogen) atoms. The number of benzene rings is 1. The van der Waals surface area contributed by atoms with Crippen molar-refractivity contribution in [2.24, 2.45) is 7.05 Å². The summed E-state index contributed by atoms with van der Waals surface area (Å²) in [5, 5.41) is 15.7. The maximum Gasteiger partial charge on any atom is 0.107 e. The molecule has 1 atom stereocenters. The maximum atomic E-state index is 10.4. The highest BCUT2D eigenvalue weighted by atomic mass is 16.3. The molecule has 1 unspecified atom stereocenters. The number of aryl methyl sites for hydroxylation is 1. The van der Waals surface area contributed by atoms with Crippen molar-refractivity contribution in [1.82, 2.24) is 14.8 Å². The molecule has 0 aliphatic rings. The molecule has 0 radical (unpaired) electrons. The first kappa shape index (κ1) is 11.0. The lowest BCUT2D eigenvalue weighted by Crippen LogP contribution is -2.02. The van der Waals surface area contributed by atoms with Gasteiger partial charge in [0.25, 0.3) is 0 Å². The molecule has 3 rings (SSSR count). The van der Waals surface area contributed by atoms with E-state index in [1.165, 1.54) is 0 Å². The number of nitrogens with one attached hydrogen (secondary N) is 1. The Bertz CT molecular complexity index is 696. The predicted octanol–water partition coefficient (Wildman–Crippen LogP) is 2.29. The molecular formula is C14H15N3O. The average Bonchev–Trinajstić information content (AvgIpc) is 2.96. The number of fused-ring (bicyclic) bond motifs is 1. The van der Waals surface area contributed by atoms with E-state index in [0.717, 1.165) is 27.7 Å². The fraction of sp³-hybridized carbons (Fsp3) is 0.214. The van der Waals surface area contributed by atoms with Crippen LogP contribution >= 0.6 is 0 Å². The third-order valence-electron chi connectivity index (χ3n) is 3.46. The monoisotopic (exact) mass is 241 g/mol. The van der Waals surface area contributed by atoms with Crippen molar-refractivity contribution in [2.45, 2.75) is 13.0 Å². The van der Waals surface area contributed by atoms with Crippen LogP contribution in [0.4, 0.5) is 0 Å². The van der Waals surface area contributed by atoms with Gasteiger partial charge in [0.05, 0.1) is 6.20 Å². The van der Waals surface area contributed by atoms with Crippen LogP contribution in [0, 0.1) is 6.92 Å². The van der Waals surface area contributed by atoms with Crippen LogP contribution in [0.15, 0.2) is 36.7 Å². The lowest BCUT2D eigenvalue weighted by Gasteiger charge is -2.11. The SMILES string of the molecule is Cc1c(C(O)c2ccc3[nH]ccc3c2)cnn1C. The number of aromatic nitrogens is 3. The summed E-state index contributed by atoms with van der Waals surface area (Å²) in [5.74, 6) is 0. The van der Waals surface area contributed by atoms with Gasteiger partial charge in [-0.05, 0) is 36.1 Å². The van der Waals surface area contributed by atoms with Gasteiger partial charge in [0.2, 0.25) is 0 Å². The fourth-order valence-electron chi connectivity index (χ4n) is 2.21. The van der Waals surface area contributed by atoms with Crippen molar-refractivity contribution >= 4 is 10.9 Å². The van der Waals surface area contributed by atoms with Crippen LogP contribution < -0.4 is 0 Å². The number of nitrogens with zero attached hydrogens (tertiary/aromatic N) is 2. The predicted molar refractivity (Wildman–Crippen MR) is 70.3 cm³/mol. The molecule has 3 aromatic rings. The fourth-order valence-corrected chi connectivity index (χ4v) is 2.21. The van der Waals surface area contributed by atoms with Crippen LogP contribution in [0.5, 0.6) is 0 Å². The average molecular weight is 241 g/mol. The van der Waals surface area contributed by atoms with Gasteiger partial charge in [-0.3, -0.25) is 4.68 Å². The van der Waals surface area contributed by atoms with E-state index in [0.29, 0.717) is 0 Å². The first-order chi connectivity index (χ1) is 8.66. The van der Waals surface area contributed by atoms with Gasteiger partial charge < -0.3 is 10.1 Å². The molecule has 0 aliphatic heterocycles. The van der Waals surface area contributed by atoms with Crippen LogP contribution in [-0.2, 0) is 7.05 Å². The standard InChI is InChI=1S/C14H15N3O/c1-9-12(8-16-17(9)2)14(18)11-3-4-13-10(7-11)5-6-15-13/h3-8,14-15,18H,1-2H3. The third-order valence-corrected chi connectivity index (χ3v) is 3.46. The Morgan fingerprint density at radius 2 is 2.17 bits per heavy atom. The summed E-state index contributed by atoms with van der Waals surface area (Å²) in [4.78, 5) is 3.14.